The van der Waals surface area contributed by atoms with Crippen molar-refractivity contribution in [1.29, 1.82) is 0 Å². The highest BCUT2D eigenvalue weighted by atomic mass is 16.7. The first-order valence-electron chi connectivity index (χ1n) is 7.86. The summed E-state index contributed by atoms with van der Waals surface area (Å²) in [7, 11) is 0. The number of nitrogens with zero attached hydrogens (tertiary/aromatic N) is 4. The fraction of sp³-hybridized carbons (Fsp3) is 0.375. The van der Waals surface area contributed by atoms with Crippen molar-refractivity contribution in [3.8, 4) is 0 Å². The fourth-order valence-electron chi connectivity index (χ4n) is 3.29. The number of nitrogens with one attached hydrogen (secondary N) is 1. The first-order valence-corrected chi connectivity index (χ1v) is 7.86. The maximum absolute atomic E-state index is 10.7. The minimum absolute atomic E-state index is 0.247. The number of aryl methyl sites for hydroxylation is 1. The number of pyridine rings is 1. The highest BCUT2D eigenvalue weighted by Crippen LogP contribution is 2.31. The van der Waals surface area contributed by atoms with Gasteiger partial charge in [-0.05, 0) is 13.0 Å². The predicted octanol–water partition coefficient (Wildman–Crippen LogP) is 2.48. The Morgan fingerprint density at radius 2 is 2.17 bits per heavy atom. The lowest BCUT2D eigenvalue weighted by Crippen LogP contribution is -2.38. The van der Waals surface area contributed by atoms with Gasteiger partial charge in [-0.3, -0.25) is 0 Å². The average molecular weight is 327 g/mol. The van der Waals surface area contributed by atoms with Crippen LogP contribution in [0.2, 0.25) is 0 Å². The van der Waals surface area contributed by atoms with Crippen LogP contribution in [0, 0.1) is 6.92 Å². The number of aromatic nitrogens is 4. The molecule has 0 atom stereocenters. The minimum atomic E-state index is -1.21. The number of hydrogen-bond donors (Lipinski definition) is 2. The number of hydrogen-bond acceptors (Lipinski definition) is 6. The summed E-state index contributed by atoms with van der Waals surface area (Å²) in [6.07, 6.45) is 3.37. The quantitative estimate of drug-likeness (QED) is 0.697. The summed E-state index contributed by atoms with van der Waals surface area (Å²) in [5, 5.41) is 10.7. The second-order valence-corrected chi connectivity index (χ2v) is 5.94. The van der Waals surface area contributed by atoms with Crippen molar-refractivity contribution in [3.63, 3.8) is 0 Å². The highest BCUT2D eigenvalue weighted by molar-refractivity contribution is 6.09. The number of ether oxygens (including phenoxy) is 1. The third kappa shape index (κ3) is 2.49. The van der Waals surface area contributed by atoms with E-state index in [-0.39, 0.29) is 6.10 Å². The van der Waals surface area contributed by atoms with Crippen LogP contribution in [0.4, 0.5) is 10.6 Å². The first kappa shape index (κ1) is 14.7. The molecule has 4 heterocycles. The summed E-state index contributed by atoms with van der Waals surface area (Å²) in [5.74, 6) is 1.69. The van der Waals surface area contributed by atoms with Gasteiger partial charge in [0.2, 0.25) is 0 Å². The lowest BCUT2D eigenvalue weighted by molar-refractivity contribution is 0.0416. The number of carboxylic acid groups (broad SMARTS) is 1. The number of piperidine rings is 1. The van der Waals surface area contributed by atoms with Crippen molar-refractivity contribution in [1.82, 2.24) is 19.9 Å². The Kier molecular flexibility index (Phi) is 3.44. The Balaban J connectivity index is 1.74. The summed E-state index contributed by atoms with van der Waals surface area (Å²) >= 11 is 0. The number of carbonyl (C=O) groups is 1. The third-order valence-corrected chi connectivity index (χ3v) is 4.36. The van der Waals surface area contributed by atoms with Gasteiger partial charge in [0, 0.05) is 37.5 Å². The Morgan fingerprint density at radius 3 is 2.92 bits per heavy atom. The molecule has 0 radical (unpaired) electrons. The predicted molar refractivity (Wildman–Crippen MR) is 88.3 cm³/mol. The van der Waals surface area contributed by atoms with Gasteiger partial charge in [-0.15, -0.1) is 0 Å². The molecule has 0 unspecified atom stereocenters. The maximum Gasteiger partial charge on any atom is 0.506 e. The highest BCUT2D eigenvalue weighted by Gasteiger charge is 2.25. The molecule has 0 spiro atoms. The molecule has 1 fully saturated rings. The number of fused-ring (bicyclic) bond motifs is 3. The molecule has 3 aromatic rings. The van der Waals surface area contributed by atoms with E-state index < -0.39 is 6.16 Å². The van der Waals surface area contributed by atoms with E-state index in [0.717, 1.165) is 27.9 Å². The summed E-state index contributed by atoms with van der Waals surface area (Å²) in [5.41, 5.74) is 1.62. The largest absolute Gasteiger partial charge is 0.506 e. The van der Waals surface area contributed by atoms with Crippen LogP contribution >= 0.6 is 0 Å². The molecule has 0 aromatic carbocycles. The SMILES string of the molecule is Cc1nc(N2CCC(OC(=O)O)CC2)c2c(cnc3nccc32)[nH]1. The fourth-order valence-corrected chi connectivity index (χ4v) is 3.29. The summed E-state index contributed by atoms with van der Waals surface area (Å²) in [4.78, 5) is 29.5. The molecule has 8 nitrogen and oxygen atoms in total. The summed E-state index contributed by atoms with van der Waals surface area (Å²) in [6, 6.07) is 1.94. The van der Waals surface area contributed by atoms with Crippen molar-refractivity contribution in [3.05, 3.63) is 24.3 Å². The van der Waals surface area contributed by atoms with E-state index in [1.807, 2.05) is 13.0 Å². The van der Waals surface area contributed by atoms with Crippen LogP contribution in [0.3, 0.4) is 0 Å². The van der Waals surface area contributed by atoms with E-state index in [9.17, 15) is 4.79 Å². The van der Waals surface area contributed by atoms with Crippen molar-refractivity contribution >= 4 is 33.9 Å². The normalized spacial score (nSPS) is 16.0. The second kappa shape index (κ2) is 5.63. The summed E-state index contributed by atoms with van der Waals surface area (Å²) in [6.45, 7) is 3.31. The van der Waals surface area contributed by atoms with Crippen LogP contribution < -0.4 is 4.90 Å². The zero-order valence-corrected chi connectivity index (χ0v) is 13.2. The molecule has 24 heavy (non-hydrogen) atoms. The second-order valence-electron chi connectivity index (χ2n) is 5.94. The molecule has 0 amide bonds. The molecular formula is C16H17N5O3. The minimum Gasteiger partial charge on any atom is -0.450 e. The van der Waals surface area contributed by atoms with Gasteiger partial charge in [0.05, 0.1) is 17.1 Å². The van der Waals surface area contributed by atoms with Crippen molar-refractivity contribution in [2.24, 2.45) is 0 Å². The molecule has 0 aliphatic carbocycles. The average Bonchev–Trinajstić information content (AvgIpc) is 3.02. The Bertz CT molecular complexity index is 915. The molecule has 8 heteroatoms. The Hall–Kier alpha value is -2.90. The molecule has 2 N–H and O–H groups in total. The number of H-pyrrole nitrogens is 1. The number of anilines is 1. The Labute approximate surface area is 137 Å². The van der Waals surface area contributed by atoms with Gasteiger partial charge in [0.1, 0.15) is 17.7 Å². The monoisotopic (exact) mass is 327 g/mol. The molecule has 0 bridgehead atoms. The van der Waals surface area contributed by atoms with Gasteiger partial charge < -0.3 is 19.7 Å². The number of aromatic amines is 1. The van der Waals surface area contributed by atoms with Crippen molar-refractivity contribution in [2.45, 2.75) is 25.9 Å². The van der Waals surface area contributed by atoms with E-state index in [4.69, 9.17) is 14.8 Å². The van der Waals surface area contributed by atoms with E-state index in [2.05, 4.69) is 19.9 Å². The standard InChI is InChI=1S/C16H17N5O3/c1-9-19-12-8-18-14-11(2-5-17-14)13(12)15(20-9)21-6-3-10(4-7-21)24-16(22)23/h2,5,8,10H,3-4,6-7H2,1H3,(H,19,20)(H,22,23). The molecule has 1 aliphatic heterocycles. The van der Waals surface area contributed by atoms with Crippen LogP contribution in [-0.2, 0) is 4.74 Å². The first-order chi connectivity index (χ1) is 11.6. The topological polar surface area (TPSA) is 104 Å². The smallest absolute Gasteiger partial charge is 0.450 e. The van der Waals surface area contributed by atoms with Gasteiger partial charge in [-0.1, -0.05) is 0 Å². The van der Waals surface area contributed by atoms with Gasteiger partial charge in [0.15, 0.2) is 5.65 Å². The van der Waals surface area contributed by atoms with E-state index in [1.54, 1.807) is 12.4 Å². The molecule has 1 aliphatic rings. The molecule has 0 saturated carbocycles. The van der Waals surface area contributed by atoms with Crippen molar-refractivity contribution < 1.29 is 14.6 Å². The molecule has 4 rings (SSSR count). The van der Waals surface area contributed by atoms with Crippen molar-refractivity contribution in [2.75, 3.05) is 18.0 Å². The van der Waals surface area contributed by atoms with Crippen LogP contribution in [-0.4, -0.2) is 50.4 Å². The van der Waals surface area contributed by atoms with Gasteiger partial charge >= 0.3 is 6.16 Å². The van der Waals surface area contributed by atoms with Crippen LogP contribution in [0.1, 0.15) is 18.7 Å². The van der Waals surface area contributed by atoms with Crippen LogP contribution in [0.15, 0.2) is 18.5 Å². The van der Waals surface area contributed by atoms with E-state index in [1.165, 1.54) is 0 Å². The van der Waals surface area contributed by atoms with E-state index >= 15 is 0 Å². The molecule has 124 valence electrons. The zero-order chi connectivity index (χ0) is 16.7. The van der Waals surface area contributed by atoms with E-state index in [0.29, 0.717) is 31.6 Å². The molecular weight excluding hydrogens is 310 g/mol. The molecule has 1 saturated heterocycles. The molecule has 3 aromatic heterocycles. The zero-order valence-electron chi connectivity index (χ0n) is 13.2. The lowest BCUT2D eigenvalue weighted by Gasteiger charge is -2.32. The van der Waals surface area contributed by atoms with Crippen LogP contribution in [0.25, 0.3) is 21.9 Å². The maximum atomic E-state index is 10.7. The Morgan fingerprint density at radius 1 is 1.38 bits per heavy atom. The van der Waals surface area contributed by atoms with Gasteiger partial charge in [-0.25, -0.2) is 19.7 Å². The van der Waals surface area contributed by atoms with Crippen LogP contribution in [0.5, 0.6) is 0 Å². The van der Waals surface area contributed by atoms with Gasteiger partial charge in [-0.2, -0.15) is 0 Å². The summed E-state index contributed by atoms with van der Waals surface area (Å²) < 4.78 is 4.89. The third-order valence-electron chi connectivity index (χ3n) is 4.36. The van der Waals surface area contributed by atoms with Gasteiger partial charge in [0.25, 0.3) is 0 Å². The number of rotatable bonds is 2. The lowest BCUT2D eigenvalue weighted by atomic mass is 10.1.